The van der Waals surface area contributed by atoms with Gasteiger partial charge in [-0.05, 0) is 41.8 Å². The second-order valence-electron chi connectivity index (χ2n) is 9.05. The summed E-state index contributed by atoms with van der Waals surface area (Å²) in [6.07, 6.45) is -0.116. The highest BCUT2D eigenvalue weighted by atomic mass is 32.2. The number of amides is 2. The highest BCUT2D eigenvalue weighted by Crippen LogP contribution is 2.38. The molecule has 1 aromatic heterocycles. The fraction of sp³-hybridized carbons (Fsp3) is 0.250. The van der Waals surface area contributed by atoms with Gasteiger partial charge in [0.2, 0.25) is 5.16 Å². The predicted octanol–water partition coefficient (Wildman–Crippen LogP) is 5.63. The van der Waals surface area contributed by atoms with Crippen molar-refractivity contribution in [3.05, 3.63) is 60.7 Å². The van der Waals surface area contributed by atoms with Gasteiger partial charge in [0.1, 0.15) is 11.5 Å². The van der Waals surface area contributed by atoms with Crippen molar-refractivity contribution in [2.75, 3.05) is 28.2 Å². The van der Waals surface area contributed by atoms with Crippen molar-refractivity contribution in [1.82, 2.24) is 24.6 Å². The number of ether oxygens (including phenoxy) is 2. The molecular formula is C28H29N5O5S. The molecule has 0 fully saturated rings. The van der Waals surface area contributed by atoms with Gasteiger partial charge in [0.05, 0.1) is 11.3 Å². The van der Waals surface area contributed by atoms with Crippen LogP contribution in [0.4, 0.5) is 9.59 Å². The van der Waals surface area contributed by atoms with Gasteiger partial charge < -0.3 is 19.3 Å². The summed E-state index contributed by atoms with van der Waals surface area (Å²) in [5, 5.41) is 11.1. The van der Waals surface area contributed by atoms with Crippen LogP contribution in [0.3, 0.4) is 0 Å². The summed E-state index contributed by atoms with van der Waals surface area (Å²) in [5.41, 5.74) is 1.18. The van der Waals surface area contributed by atoms with E-state index in [0.717, 1.165) is 28.2 Å². The van der Waals surface area contributed by atoms with Gasteiger partial charge in [-0.1, -0.05) is 43.3 Å². The maximum Gasteiger partial charge on any atom is 0.414 e. The van der Waals surface area contributed by atoms with E-state index in [1.165, 1.54) is 15.9 Å². The fourth-order valence-electron chi connectivity index (χ4n) is 3.70. The first-order valence-corrected chi connectivity index (χ1v) is 13.1. The molecule has 0 aliphatic carbocycles. The molecule has 4 rings (SSSR count). The minimum Gasteiger partial charge on any atom is -0.410 e. The Bertz CT molecular complexity index is 1530. The lowest BCUT2D eigenvalue weighted by Crippen LogP contribution is -2.26. The number of nitrogens with zero attached hydrogens (tertiary/aromatic N) is 5. The smallest absolute Gasteiger partial charge is 0.410 e. The highest BCUT2D eigenvalue weighted by Gasteiger charge is 2.24. The molecule has 0 bridgehead atoms. The molecule has 0 aliphatic rings. The Hall–Kier alpha value is -4.38. The minimum absolute atomic E-state index is 0.0388. The van der Waals surface area contributed by atoms with Crippen molar-refractivity contribution in [1.29, 1.82) is 0 Å². The molecule has 0 atom stereocenters. The zero-order valence-electron chi connectivity index (χ0n) is 22.4. The molecule has 39 heavy (non-hydrogen) atoms. The third kappa shape index (κ3) is 6.20. The van der Waals surface area contributed by atoms with Crippen LogP contribution in [-0.2, 0) is 4.79 Å². The number of rotatable bonds is 7. The molecule has 0 aliphatic heterocycles. The van der Waals surface area contributed by atoms with Crippen LogP contribution in [0.25, 0.3) is 27.8 Å². The van der Waals surface area contributed by atoms with Gasteiger partial charge in [0.25, 0.3) is 0 Å². The summed E-state index contributed by atoms with van der Waals surface area (Å²) in [6.45, 7) is 1.94. The Morgan fingerprint density at radius 1 is 0.872 bits per heavy atom. The van der Waals surface area contributed by atoms with E-state index in [0.29, 0.717) is 29.4 Å². The Labute approximate surface area is 230 Å². The number of fused-ring (bicyclic) bond motifs is 1. The van der Waals surface area contributed by atoms with Gasteiger partial charge in [-0.2, -0.15) is 0 Å². The second kappa shape index (κ2) is 12.0. The van der Waals surface area contributed by atoms with Gasteiger partial charge >= 0.3 is 12.2 Å². The molecule has 0 saturated heterocycles. The van der Waals surface area contributed by atoms with Crippen LogP contribution in [0.1, 0.15) is 19.8 Å². The Morgan fingerprint density at radius 3 is 2.28 bits per heavy atom. The zero-order valence-corrected chi connectivity index (χ0v) is 23.2. The Kier molecular flexibility index (Phi) is 8.50. The summed E-state index contributed by atoms with van der Waals surface area (Å²) < 4.78 is 12.9. The van der Waals surface area contributed by atoms with E-state index in [9.17, 15) is 14.4 Å². The number of thioether (sulfide) groups is 1. The predicted molar refractivity (Wildman–Crippen MR) is 149 cm³/mol. The number of carbonyl (C=O) groups excluding carboxylic acids is 3. The highest BCUT2D eigenvalue weighted by molar-refractivity contribution is 8.13. The molecule has 2 amide bonds. The van der Waals surface area contributed by atoms with E-state index < -0.39 is 12.2 Å². The van der Waals surface area contributed by atoms with Gasteiger partial charge in [-0.3, -0.25) is 9.36 Å². The monoisotopic (exact) mass is 547 g/mol. The van der Waals surface area contributed by atoms with Crippen LogP contribution in [-0.4, -0.2) is 70.1 Å². The fourth-order valence-corrected chi connectivity index (χ4v) is 4.57. The molecule has 3 aromatic carbocycles. The first kappa shape index (κ1) is 27.6. The van der Waals surface area contributed by atoms with Gasteiger partial charge in [0.15, 0.2) is 10.9 Å². The average Bonchev–Trinajstić information content (AvgIpc) is 3.31. The number of benzene rings is 3. The van der Waals surface area contributed by atoms with E-state index in [1.807, 2.05) is 49.4 Å². The van der Waals surface area contributed by atoms with Crippen molar-refractivity contribution < 1.29 is 23.9 Å². The number of carbonyl (C=O) groups is 3. The Morgan fingerprint density at radius 2 is 1.56 bits per heavy atom. The summed E-state index contributed by atoms with van der Waals surface area (Å²) in [7, 11) is 6.25. The maximum atomic E-state index is 12.6. The van der Waals surface area contributed by atoms with E-state index in [2.05, 4.69) is 10.2 Å². The summed E-state index contributed by atoms with van der Waals surface area (Å²) in [4.78, 5) is 40.0. The van der Waals surface area contributed by atoms with E-state index >= 15 is 0 Å². The molecule has 1 heterocycles. The molecule has 10 nitrogen and oxygen atoms in total. The topological polar surface area (TPSA) is 107 Å². The number of aromatic nitrogens is 3. The van der Waals surface area contributed by atoms with Crippen molar-refractivity contribution in [3.63, 3.8) is 0 Å². The van der Waals surface area contributed by atoms with E-state index in [4.69, 9.17) is 9.47 Å². The van der Waals surface area contributed by atoms with Crippen molar-refractivity contribution in [3.8, 4) is 28.6 Å². The molecule has 0 N–H and O–H groups in total. The summed E-state index contributed by atoms with van der Waals surface area (Å²) in [6, 6.07) is 18.4. The third-order valence-electron chi connectivity index (χ3n) is 5.63. The van der Waals surface area contributed by atoms with Crippen LogP contribution in [0, 0.1) is 0 Å². The van der Waals surface area contributed by atoms with Crippen LogP contribution >= 0.6 is 11.8 Å². The van der Waals surface area contributed by atoms with Crippen molar-refractivity contribution in [2.45, 2.75) is 24.9 Å². The third-order valence-corrected chi connectivity index (χ3v) is 6.51. The molecule has 0 unspecified atom stereocenters. The second-order valence-corrected chi connectivity index (χ2v) is 10.1. The quantitative estimate of drug-likeness (QED) is 0.274. The van der Waals surface area contributed by atoms with Crippen molar-refractivity contribution in [2.24, 2.45) is 0 Å². The summed E-state index contributed by atoms with van der Waals surface area (Å²) in [5.74, 6) is 0.649. The van der Waals surface area contributed by atoms with Crippen LogP contribution in [0.5, 0.6) is 11.5 Å². The molecular weight excluding hydrogens is 518 g/mol. The lowest BCUT2D eigenvalue weighted by molar-refractivity contribution is -0.111. The first-order valence-electron chi connectivity index (χ1n) is 12.3. The normalized spacial score (nSPS) is 10.8. The molecule has 202 valence electrons. The number of hydrogen-bond donors (Lipinski definition) is 0. The van der Waals surface area contributed by atoms with Crippen LogP contribution in [0.2, 0.25) is 0 Å². The van der Waals surface area contributed by atoms with Gasteiger partial charge in [0, 0.05) is 46.1 Å². The van der Waals surface area contributed by atoms with Crippen LogP contribution in [0.15, 0.2) is 65.8 Å². The van der Waals surface area contributed by atoms with Gasteiger partial charge in [-0.15, -0.1) is 10.2 Å². The SMILES string of the molecule is CCCC(=O)Sc1nnc(-c2ccc(OC(=O)N(C)C)cc2OC(=O)N(C)C)n1-c1cccc2ccccc12. The van der Waals surface area contributed by atoms with Gasteiger partial charge in [-0.25, -0.2) is 9.59 Å². The van der Waals surface area contributed by atoms with E-state index in [-0.39, 0.29) is 16.6 Å². The molecule has 0 radical (unpaired) electrons. The lowest BCUT2D eigenvalue weighted by Gasteiger charge is -2.17. The zero-order chi connectivity index (χ0) is 28.1. The minimum atomic E-state index is -0.628. The largest absolute Gasteiger partial charge is 0.414 e. The standard InChI is InChI=1S/C28H29N5O5S/c1-6-10-24(34)39-26-30-29-25(33(26)22-14-9-12-18-11-7-8-13-20(18)22)21-16-15-19(37-27(35)31(2)3)17-23(21)38-28(36)32(4)5/h7-9,11-17H,6,10H2,1-5H3. The molecule has 0 spiro atoms. The molecule has 4 aromatic rings. The van der Waals surface area contributed by atoms with E-state index in [1.54, 1.807) is 44.9 Å². The molecule has 11 heteroatoms. The van der Waals surface area contributed by atoms with Crippen LogP contribution < -0.4 is 9.47 Å². The first-order chi connectivity index (χ1) is 18.7. The summed E-state index contributed by atoms with van der Waals surface area (Å²) >= 11 is 1.01. The van der Waals surface area contributed by atoms with Crippen molar-refractivity contribution >= 4 is 39.8 Å². The number of hydrogen-bond acceptors (Lipinski definition) is 8. The molecule has 0 saturated carbocycles. The maximum absolute atomic E-state index is 12.6. The Balaban J connectivity index is 1.92. The average molecular weight is 548 g/mol. The lowest BCUT2D eigenvalue weighted by atomic mass is 10.1.